The molecular weight excluding hydrogens is 528 g/mol. The Morgan fingerprint density at radius 1 is 0.927 bits per heavy atom. The van der Waals surface area contributed by atoms with Gasteiger partial charge in [-0.1, -0.05) is 70.9 Å². The zero-order chi connectivity index (χ0) is 30.5. The quantitative estimate of drug-likeness (QED) is 0.0639. The van der Waals surface area contributed by atoms with Crippen molar-refractivity contribution in [3.05, 3.63) is 35.9 Å². The number of unbranched alkanes of at least 4 members (excludes halogenated alkanes) is 2. The van der Waals surface area contributed by atoms with E-state index in [1.165, 1.54) is 0 Å². The van der Waals surface area contributed by atoms with Crippen LogP contribution in [0.25, 0.3) is 0 Å². The molecule has 1 aromatic rings. The van der Waals surface area contributed by atoms with Gasteiger partial charge in [-0.25, -0.2) is 4.79 Å². The minimum absolute atomic E-state index is 0.000466. The monoisotopic (exact) mass is 578 g/mol. The summed E-state index contributed by atoms with van der Waals surface area (Å²) in [6.07, 6.45) is 3.35. The number of hydrogen-bond acceptors (Lipinski definition) is 7. The summed E-state index contributed by atoms with van der Waals surface area (Å²) in [6, 6.07) is 7.86. The van der Waals surface area contributed by atoms with Gasteiger partial charge < -0.3 is 41.6 Å². The molecule has 12 heteroatoms. The molecule has 2 atom stereocenters. The van der Waals surface area contributed by atoms with Gasteiger partial charge in [-0.3, -0.25) is 14.6 Å². The van der Waals surface area contributed by atoms with Crippen LogP contribution in [0.1, 0.15) is 71.8 Å². The van der Waals surface area contributed by atoms with Gasteiger partial charge in [0, 0.05) is 19.8 Å². The molecule has 0 saturated carbocycles. The third-order valence-corrected chi connectivity index (χ3v) is 6.06. The fourth-order valence-electron chi connectivity index (χ4n) is 3.73. The second-order valence-corrected chi connectivity index (χ2v) is 10.1. The third kappa shape index (κ3) is 16.5. The molecule has 0 aliphatic carbocycles. The van der Waals surface area contributed by atoms with Crippen LogP contribution in [0, 0.1) is 5.92 Å². The number of ether oxygens (including phenoxy) is 3. The van der Waals surface area contributed by atoms with E-state index in [2.05, 4.69) is 34.8 Å². The van der Waals surface area contributed by atoms with Gasteiger partial charge in [-0.05, 0) is 37.2 Å². The Hall–Kier alpha value is -3.38. The number of benzene rings is 1. The van der Waals surface area contributed by atoms with Gasteiger partial charge >= 0.3 is 6.09 Å². The highest BCUT2D eigenvalue weighted by molar-refractivity contribution is 5.89. The van der Waals surface area contributed by atoms with Gasteiger partial charge in [0.15, 0.2) is 12.2 Å². The highest BCUT2D eigenvalue weighted by atomic mass is 16.7. The van der Waals surface area contributed by atoms with Crippen molar-refractivity contribution in [2.75, 3.05) is 26.3 Å². The first-order valence-electron chi connectivity index (χ1n) is 14.5. The number of alkyl carbamates (subject to hydrolysis) is 1. The molecular formula is C29H50N6O6. The maximum absolute atomic E-state index is 12.9. The highest BCUT2D eigenvalue weighted by Gasteiger charge is 2.27. The largest absolute Gasteiger partial charge is 0.445 e. The van der Waals surface area contributed by atoms with Crippen LogP contribution in [0.5, 0.6) is 0 Å². The summed E-state index contributed by atoms with van der Waals surface area (Å²) in [7, 11) is 0. The summed E-state index contributed by atoms with van der Waals surface area (Å²) in [5.41, 5.74) is 11.7. The number of rotatable bonds is 21. The SMILES string of the molecule is CCCCOC(OCCCC)C(CCCN=C(N)N)NC(=O)CNC(=O)[C@@H](NC(=O)OCc1ccccc1)C(C)C. The number of nitrogens with zero attached hydrogens (tertiary/aromatic N) is 1. The van der Waals surface area contributed by atoms with Crippen LogP contribution in [0.3, 0.4) is 0 Å². The highest BCUT2D eigenvalue weighted by Crippen LogP contribution is 2.12. The number of guanidine groups is 1. The Bertz CT molecular complexity index is 900. The summed E-state index contributed by atoms with van der Waals surface area (Å²) in [5.74, 6) is -1.15. The fraction of sp³-hybridized carbons (Fsp3) is 0.655. The first-order valence-corrected chi connectivity index (χ1v) is 14.5. The van der Waals surface area contributed by atoms with E-state index < -0.39 is 36.3 Å². The predicted octanol–water partition coefficient (Wildman–Crippen LogP) is 2.55. The van der Waals surface area contributed by atoms with Gasteiger partial charge in [-0.2, -0.15) is 0 Å². The van der Waals surface area contributed by atoms with Crippen LogP contribution >= 0.6 is 0 Å². The molecule has 0 spiro atoms. The molecule has 0 aliphatic rings. The number of amides is 3. The molecule has 0 radical (unpaired) electrons. The molecule has 0 heterocycles. The molecule has 0 aromatic heterocycles. The number of hydrogen-bond donors (Lipinski definition) is 5. The number of carbonyl (C=O) groups is 3. The van der Waals surface area contributed by atoms with E-state index in [1.54, 1.807) is 13.8 Å². The number of aliphatic imine (C=N–C) groups is 1. The van der Waals surface area contributed by atoms with Gasteiger partial charge in [-0.15, -0.1) is 0 Å². The Morgan fingerprint density at radius 3 is 2.12 bits per heavy atom. The Kier molecular flexibility index (Phi) is 18.6. The topological polar surface area (TPSA) is 179 Å². The maximum atomic E-state index is 12.9. The van der Waals surface area contributed by atoms with E-state index in [0.29, 0.717) is 32.6 Å². The Morgan fingerprint density at radius 2 is 1.56 bits per heavy atom. The van der Waals surface area contributed by atoms with Gasteiger partial charge in [0.05, 0.1) is 12.6 Å². The van der Waals surface area contributed by atoms with E-state index in [9.17, 15) is 14.4 Å². The van der Waals surface area contributed by atoms with Crippen molar-refractivity contribution >= 4 is 23.9 Å². The Labute approximate surface area is 244 Å². The van der Waals surface area contributed by atoms with E-state index in [-0.39, 0.29) is 25.0 Å². The summed E-state index contributed by atoms with van der Waals surface area (Å²) in [4.78, 5) is 42.2. The van der Waals surface area contributed by atoms with Crippen LogP contribution in [0.4, 0.5) is 4.79 Å². The van der Waals surface area contributed by atoms with Crippen LogP contribution < -0.4 is 27.4 Å². The van der Waals surface area contributed by atoms with Crippen molar-refractivity contribution < 1.29 is 28.6 Å². The molecule has 232 valence electrons. The minimum atomic E-state index is -0.885. The van der Waals surface area contributed by atoms with Crippen LogP contribution in [0.2, 0.25) is 0 Å². The van der Waals surface area contributed by atoms with Crippen molar-refractivity contribution in [2.45, 2.75) is 91.2 Å². The summed E-state index contributed by atoms with van der Waals surface area (Å²) < 4.78 is 17.2. The molecule has 7 N–H and O–H groups in total. The molecule has 1 unspecified atom stereocenters. The lowest BCUT2D eigenvalue weighted by Crippen LogP contribution is -2.53. The van der Waals surface area contributed by atoms with E-state index in [4.69, 9.17) is 25.7 Å². The van der Waals surface area contributed by atoms with E-state index in [1.807, 2.05) is 30.3 Å². The number of nitrogens with one attached hydrogen (secondary N) is 3. The summed E-state index contributed by atoms with van der Waals surface area (Å²) in [6.45, 7) is 8.88. The molecule has 12 nitrogen and oxygen atoms in total. The van der Waals surface area contributed by atoms with Crippen molar-refractivity contribution in [2.24, 2.45) is 22.4 Å². The van der Waals surface area contributed by atoms with Crippen molar-refractivity contribution in [1.82, 2.24) is 16.0 Å². The smallest absolute Gasteiger partial charge is 0.408 e. The summed E-state index contributed by atoms with van der Waals surface area (Å²) in [5, 5.41) is 8.14. The number of nitrogens with two attached hydrogens (primary N) is 2. The molecule has 1 aromatic carbocycles. The molecule has 0 bridgehead atoms. The Balaban J connectivity index is 2.76. The fourth-order valence-corrected chi connectivity index (χ4v) is 3.73. The lowest BCUT2D eigenvalue weighted by molar-refractivity contribution is -0.165. The number of carbonyl (C=O) groups excluding carboxylic acids is 3. The predicted molar refractivity (Wildman–Crippen MR) is 159 cm³/mol. The van der Waals surface area contributed by atoms with Gasteiger partial charge in [0.2, 0.25) is 11.8 Å². The standard InChI is InChI=1S/C29H50N6O6/c1-5-7-17-39-27(40-18-8-6-2)23(15-12-16-32-28(30)31)34-24(36)19-33-26(37)25(21(3)4)35-29(38)41-20-22-13-10-9-11-14-22/h9-11,13-14,21,23,25,27H,5-8,12,15-20H2,1-4H3,(H,33,37)(H,34,36)(H,35,38)(H4,30,31,32)/t23?,25-/m0/s1. The lowest BCUT2D eigenvalue weighted by atomic mass is 10.0. The summed E-state index contributed by atoms with van der Waals surface area (Å²) >= 11 is 0. The normalized spacial score (nSPS) is 12.4. The lowest BCUT2D eigenvalue weighted by Gasteiger charge is -2.28. The van der Waals surface area contributed by atoms with Gasteiger partial charge in [0.25, 0.3) is 0 Å². The van der Waals surface area contributed by atoms with Crippen molar-refractivity contribution in [3.63, 3.8) is 0 Å². The van der Waals surface area contributed by atoms with Gasteiger partial charge in [0.1, 0.15) is 12.6 Å². The zero-order valence-corrected chi connectivity index (χ0v) is 25.0. The van der Waals surface area contributed by atoms with Crippen LogP contribution in [0.15, 0.2) is 35.3 Å². The van der Waals surface area contributed by atoms with Crippen LogP contribution in [-0.2, 0) is 30.4 Å². The van der Waals surface area contributed by atoms with Crippen molar-refractivity contribution in [1.29, 1.82) is 0 Å². The molecule has 1 rings (SSSR count). The maximum Gasteiger partial charge on any atom is 0.408 e. The molecule has 41 heavy (non-hydrogen) atoms. The van der Waals surface area contributed by atoms with Crippen LogP contribution in [-0.4, -0.2) is 68.5 Å². The first-order chi connectivity index (χ1) is 19.7. The minimum Gasteiger partial charge on any atom is -0.445 e. The molecule has 3 amide bonds. The first kappa shape index (κ1) is 35.6. The molecule has 0 aliphatic heterocycles. The molecule has 0 fully saturated rings. The molecule has 0 saturated heterocycles. The second kappa shape index (κ2) is 21.4. The van der Waals surface area contributed by atoms with E-state index >= 15 is 0 Å². The third-order valence-electron chi connectivity index (χ3n) is 6.06. The van der Waals surface area contributed by atoms with E-state index in [0.717, 1.165) is 31.2 Å². The second-order valence-electron chi connectivity index (χ2n) is 10.1. The zero-order valence-electron chi connectivity index (χ0n) is 25.0. The van der Waals surface area contributed by atoms with Crippen molar-refractivity contribution in [3.8, 4) is 0 Å². The average molecular weight is 579 g/mol. The average Bonchev–Trinajstić information content (AvgIpc) is 2.94.